The van der Waals surface area contributed by atoms with E-state index in [1.54, 1.807) is 18.0 Å². The van der Waals surface area contributed by atoms with Crippen molar-refractivity contribution in [3.05, 3.63) is 58.0 Å². The van der Waals surface area contributed by atoms with Gasteiger partial charge in [0.25, 0.3) is 5.56 Å². The van der Waals surface area contributed by atoms with Crippen molar-refractivity contribution in [1.29, 1.82) is 0 Å². The van der Waals surface area contributed by atoms with E-state index in [1.165, 1.54) is 4.68 Å². The number of nitrogens with one attached hydrogen (secondary N) is 1. The number of amides is 2. The van der Waals surface area contributed by atoms with Gasteiger partial charge in [-0.25, -0.2) is 9.48 Å². The number of aryl methyl sites for hydroxylation is 1. The number of aromatic nitrogens is 2. The molecule has 0 radical (unpaired) electrons. The van der Waals surface area contributed by atoms with Gasteiger partial charge >= 0.3 is 6.03 Å². The quantitative estimate of drug-likeness (QED) is 0.860. The molecule has 2 heterocycles. The van der Waals surface area contributed by atoms with E-state index in [-0.39, 0.29) is 11.6 Å². The second-order valence-corrected chi connectivity index (χ2v) is 5.05. The van der Waals surface area contributed by atoms with Crippen LogP contribution in [0.25, 0.3) is 0 Å². The summed E-state index contributed by atoms with van der Waals surface area (Å²) in [7, 11) is 1.64. The van der Waals surface area contributed by atoms with Gasteiger partial charge in [0, 0.05) is 43.9 Å². The summed E-state index contributed by atoms with van der Waals surface area (Å²) in [5.41, 5.74) is 2.32. The number of carbonyl (C=O) groups excluding carboxylic acids is 1. The molecule has 2 aromatic rings. The van der Waals surface area contributed by atoms with Crippen molar-refractivity contribution in [2.45, 2.75) is 13.0 Å². The molecule has 1 aromatic heterocycles. The molecule has 0 unspecified atom stereocenters. The van der Waals surface area contributed by atoms with Gasteiger partial charge in [-0.1, -0.05) is 18.2 Å². The van der Waals surface area contributed by atoms with Gasteiger partial charge in [-0.15, -0.1) is 0 Å². The number of para-hydroxylation sites is 1. The SMILES string of the molecule is Cn1nc2c(cc1=O)CN(C(=O)Nc1ccccc1)CC2. The molecule has 0 spiro atoms. The molecule has 0 saturated heterocycles. The van der Waals surface area contributed by atoms with Gasteiger partial charge < -0.3 is 10.2 Å². The lowest BCUT2D eigenvalue weighted by atomic mass is 10.1. The summed E-state index contributed by atoms with van der Waals surface area (Å²) in [4.78, 5) is 25.6. The Bertz CT molecular complexity index is 724. The van der Waals surface area contributed by atoms with Crippen molar-refractivity contribution in [2.24, 2.45) is 7.05 Å². The lowest BCUT2D eigenvalue weighted by Gasteiger charge is -2.28. The van der Waals surface area contributed by atoms with Crippen LogP contribution in [0.3, 0.4) is 0 Å². The Morgan fingerprint density at radius 3 is 2.81 bits per heavy atom. The average Bonchev–Trinajstić information content (AvgIpc) is 2.49. The van der Waals surface area contributed by atoms with Crippen molar-refractivity contribution in [2.75, 3.05) is 11.9 Å². The molecule has 3 rings (SSSR count). The van der Waals surface area contributed by atoms with Gasteiger partial charge in [-0.2, -0.15) is 5.10 Å². The highest BCUT2D eigenvalue weighted by Crippen LogP contribution is 2.16. The molecule has 0 atom stereocenters. The zero-order valence-electron chi connectivity index (χ0n) is 11.7. The number of fused-ring (bicyclic) bond motifs is 1. The summed E-state index contributed by atoms with van der Waals surface area (Å²) in [6, 6.07) is 10.7. The first-order valence-corrected chi connectivity index (χ1v) is 6.80. The van der Waals surface area contributed by atoms with E-state index in [2.05, 4.69) is 10.4 Å². The second kappa shape index (κ2) is 5.40. The molecule has 0 bridgehead atoms. The highest BCUT2D eigenvalue weighted by atomic mass is 16.2. The standard InChI is InChI=1S/C15H16N4O2/c1-18-14(20)9-11-10-19(8-7-13(11)17-18)15(21)16-12-5-3-2-4-6-12/h2-6,9H,7-8,10H2,1H3,(H,16,21). The highest BCUT2D eigenvalue weighted by molar-refractivity contribution is 5.89. The minimum atomic E-state index is -0.160. The smallest absolute Gasteiger partial charge is 0.320 e. The van der Waals surface area contributed by atoms with Crippen molar-refractivity contribution >= 4 is 11.7 Å². The Kier molecular flexibility index (Phi) is 3.43. The maximum atomic E-state index is 12.2. The molecule has 1 aromatic carbocycles. The van der Waals surface area contributed by atoms with E-state index in [4.69, 9.17) is 0 Å². The Morgan fingerprint density at radius 1 is 1.29 bits per heavy atom. The molecular formula is C15H16N4O2. The molecule has 21 heavy (non-hydrogen) atoms. The van der Waals surface area contributed by atoms with Crippen LogP contribution in [0.5, 0.6) is 0 Å². The summed E-state index contributed by atoms with van der Waals surface area (Å²) < 4.78 is 1.33. The normalized spacial score (nSPS) is 13.7. The van der Waals surface area contributed by atoms with Crippen molar-refractivity contribution in [3.63, 3.8) is 0 Å². The first-order chi connectivity index (χ1) is 10.1. The number of nitrogens with zero attached hydrogens (tertiary/aromatic N) is 3. The largest absolute Gasteiger partial charge is 0.322 e. The van der Waals surface area contributed by atoms with E-state index < -0.39 is 0 Å². The van der Waals surface area contributed by atoms with E-state index in [1.807, 2.05) is 30.3 Å². The van der Waals surface area contributed by atoms with Crippen LogP contribution in [0.2, 0.25) is 0 Å². The summed E-state index contributed by atoms with van der Waals surface area (Å²) in [6.45, 7) is 1.01. The molecule has 1 aliphatic rings. The molecule has 2 amide bonds. The number of hydrogen-bond donors (Lipinski definition) is 1. The minimum Gasteiger partial charge on any atom is -0.320 e. The molecular weight excluding hydrogens is 268 g/mol. The van der Waals surface area contributed by atoms with Gasteiger partial charge in [0.1, 0.15) is 0 Å². The van der Waals surface area contributed by atoms with Gasteiger partial charge in [-0.3, -0.25) is 4.79 Å². The number of anilines is 1. The first-order valence-electron chi connectivity index (χ1n) is 6.80. The van der Waals surface area contributed by atoms with Gasteiger partial charge in [0.2, 0.25) is 0 Å². The van der Waals surface area contributed by atoms with E-state index in [0.29, 0.717) is 19.5 Å². The molecule has 108 valence electrons. The Hall–Kier alpha value is -2.63. The van der Waals surface area contributed by atoms with Gasteiger partial charge in [0.15, 0.2) is 0 Å². The van der Waals surface area contributed by atoms with E-state index in [9.17, 15) is 9.59 Å². The third-order valence-corrected chi connectivity index (χ3v) is 3.55. The number of rotatable bonds is 1. The monoisotopic (exact) mass is 284 g/mol. The van der Waals surface area contributed by atoms with Gasteiger partial charge in [-0.05, 0) is 12.1 Å². The molecule has 1 aliphatic heterocycles. The van der Waals surface area contributed by atoms with Crippen LogP contribution >= 0.6 is 0 Å². The van der Waals surface area contributed by atoms with Crippen LogP contribution in [0.15, 0.2) is 41.2 Å². The maximum absolute atomic E-state index is 12.2. The summed E-state index contributed by atoms with van der Waals surface area (Å²) >= 11 is 0. The summed E-state index contributed by atoms with van der Waals surface area (Å²) in [6.07, 6.45) is 0.658. The van der Waals surface area contributed by atoms with Crippen molar-refractivity contribution in [1.82, 2.24) is 14.7 Å². The Labute approximate surface area is 122 Å². The lowest BCUT2D eigenvalue weighted by molar-refractivity contribution is 0.205. The maximum Gasteiger partial charge on any atom is 0.322 e. The van der Waals surface area contributed by atoms with Crippen LogP contribution in [-0.2, 0) is 20.0 Å². The predicted octanol–water partition coefficient (Wildman–Crippen LogP) is 1.37. The molecule has 0 aliphatic carbocycles. The average molecular weight is 284 g/mol. The zero-order valence-corrected chi connectivity index (χ0v) is 11.7. The Balaban J connectivity index is 1.75. The number of urea groups is 1. The third kappa shape index (κ3) is 2.79. The molecule has 1 N–H and O–H groups in total. The predicted molar refractivity (Wildman–Crippen MR) is 79.1 cm³/mol. The van der Waals surface area contributed by atoms with Crippen LogP contribution < -0.4 is 10.9 Å². The number of carbonyl (C=O) groups is 1. The zero-order chi connectivity index (χ0) is 14.8. The summed E-state index contributed by atoms with van der Waals surface area (Å²) in [5.74, 6) is 0. The lowest BCUT2D eigenvalue weighted by Crippen LogP contribution is -2.40. The van der Waals surface area contributed by atoms with Gasteiger partial charge in [0.05, 0.1) is 5.69 Å². The van der Waals surface area contributed by atoms with Crippen LogP contribution in [-0.4, -0.2) is 27.3 Å². The van der Waals surface area contributed by atoms with Crippen molar-refractivity contribution < 1.29 is 4.79 Å². The fourth-order valence-electron chi connectivity index (χ4n) is 2.39. The highest BCUT2D eigenvalue weighted by Gasteiger charge is 2.22. The van der Waals surface area contributed by atoms with E-state index in [0.717, 1.165) is 16.9 Å². The van der Waals surface area contributed by atoms with E-state index >= 15 is 0 Å². The Morgan fingerprint density at radius 2 is 2.05 bits per heavy atom. The second-order valence-electron chi connectivity index (χ2n) is 5.05. The van der Waals surface area contributed by atoms with Crippen LogP contribution in [0, 0.1) is 0 Å². The minimum absolute atomic E-state index is 0.154. The molecule has 0 saturated carbocycles. The van der Waals surface area contributed by atoms with Crippen molar-refractivity contribution in [3.8, 4) is 0 Å². The molecule has 0 fully saturated rings. The number of benzene rings is 1. The van der Waals surface area contributed by atoms with Crippen LogP contribution in [0.4, 0.5) is 10.5 Å². The number of hydrogen-bond acceptors (Lipinski definition) is 3. The fourth-order valence-corrected chi connectivity index (χ4v) is 2.39. The first kappa shape index (κ1) is 13.4. The third-order valence-electron chi connectivity index (χ3n) is 3.55. The topological polar surface area (TPSA) is 67.2 Å². The fraction of sp³-hybridized carbons (Fsp3) is 0.267. The molecule has 6 heteroatoms. The van der Waals surface area contributed by atoms with Crippen LogP contribution in [0.1, 0.15) is 11.3 Å². The summed E-state index contributed by atoms with van der Waals surface area (Å²) in [5, 5.41) is 7.09. The molecule has 6 nitrogen and oxygen atoms in total.